The van der Waals surface area contributed by atoms with Gasteiger partial charge in [-0.25, -0.2) is 4.79 Å². The van der Waals surface area contributed by atoms with Crippen molar-refractivity contribution >= 4 is 17.6 Å². The molecule has 0 unspecified atom stereocenters. The van der Waals surface area contributed by atoms with Crippen LogP contribution in [-0.4, -0.2) is 18.4 Å². The second-order valence-corrected chi connectivity index (χ2v) is 5.66. The molecule has 1 amide bonds. The van der Waals surface area contributed by atoms with E-state index in [1.807, 2.05) is 43.3 Å². The summed E-state index contributed by atoms with van der Waals surface area (Å²) in [5.74, 6) is -0.275. The highest BCUT2D eigenvalue weighted by atomic mass is 16.5. The first kappa shape index (κ1) is 15.3. The number of benzene rings is 2. The summed E-state index contributed by atoms with van der Waals surface area (Å²) in [6.07, 6.45) is 1.11. The first-order chi connectivity index (χ1) is 11.1. The first-order valence-electron chi connectivity index (χ1n) is 7.81. The number of carbonyl (C=O) groups excluding carboxylic acids is 2. The Hall–Kier alpha value is -2.62. The van der Waals surface area contributed by atoms with Gasteiger partial charge in [0.25, 0.3) is 0 Å². The number of amides is 1. The lowest BCUT2D eigenvalue weighted by Gasteiger charge is -2.17. The summed E-state index contributed by atoms with van der Waals surface area (Å²) < 4.78 is 5.52. The SMILES string of the molecule is C[C@H](OC(=O)c1cccc(N2CCCC2=O)c1)c1ccccc1. The molecule has 4 heteroatoms. The van der Waals surface area contributed by atoms with Gasteiger partial charge in [-0.1, -0.05) is 36.4 Å². The van der Waals surface area contributed by atoms with Crippen molar-refractivity contribution in [2.75, 3.05) is 11.4 Å². The van der Waals surface area contributed by atoms with E-state index in [0.29, 0.717) is 18.5 Å². The van der Waals surface area contributed by atoms with Gasteiger partial charge in [-0.2, -0.15) is 0 Å². The fourth-order valence-corrected chi connectivity index (χ4v) is 2.74. The van der Waals surface area contributed by atoms with Gasteiger partial charge in [0.15, 0.2) is 0 Å². The molecule has 1 atom stereocenters. The zero-order valence-corrected chi connectivity index (χ0v) is 13.1. The Morgan fingerprint density at radius 2 is 1.91 bits per heavy atom. The monoisotopic (exact) mass is 309 g/mol. The highest BCUT2D eigenvalue weighted by molar-refractivity contribution is 5.97. The second kappa shape index (κ2) is 6.65. The Bertz CT molecular complexity index is 712. The lowest BCUT2D eigenvalue weighted by molar-refractivity contribution is -0.117. The van der Waals surface area contributed by atoms with E-state index in [-0.39, 0.29) is 18.0 Å². The second-order valence-electron chi connectivity index (χ2n) is 5.66. The Kier molecular flexibility index (Phi) is 4.42. The minimum absolute atomic E-state index is 0.105. The molecule has 3 rings (SSSR count). The molecule has 23 heavy (non-hydrogen) atoms. The predicted molar refractivity (Wildman–Crippen MR) is 88.3 cm³/mol. The van der Waals surface area contributed by atoms with Crippen LogP contribution < -0.4 is 4.90 Å². The fourth-order valence-electron chi connectivity index (χ4n) is 2.74. The third-order valence-electron chi connectivity index (χ3n) is 4.02. The molecule has 0 spiro atoms. The standard InChI is InChI=1S/C19H19NO3/c1-14(15-7-3-2-4-8-15)23-19(22)16-9-5-10-17(13-16)20-12-6-11-18(20)21/h2-5,7-10,13-14H,6,11-12H2,1H3/t14-/m0/s1. The Morgan fingerprint density at radius 1 is 1.13 bits per heavy atom. The largest absolute Gasteiger partial charge is 0.454 e. The van der Waals surface area contributed by atoms with Crippen LogP contribution in [0.3, 0.4) is 0 Å². The van der Waals surface area contributed by atoms with Crippen LogP contribution in [0.25, 0.3) is 0 Å². The quantitative estimate of drug-likeness (QED) is 0.808. The predicted octanol–water partition coefficient (Wildman–Crippen LogP) is 3.73. The molecule has 1 saturated heterocycles. The molecule has 1 fully saturated rings. The molecule has 4 nitrogen and oxygen atoms in total. The molecule has 1 aliphatic rings. The Balaban J connectivity index is 1.74. The topological polar surface area (TPSA) is 46.6 Å². The number of hydrogen-bond donors (Lipinski definition) is 0. The van der Waals surface area contributed by atoms with E-state index in [9.17, 15) is 9.59 Å². The number of ether oxygens (including phenoxy) is 1. The minimum Gasteiger partial charge on any atom is -0.454 e. The summed E-state index contributed by atoms with van der Waals surface area (Å²) in [6.45, 7) is 2.55. The number of carbonyl (C=O) groups is 2. The third kappa shape index (κ3) is 3.42. The van der Waals surface area contributed by atoms with Gasteiger partial charge in [-0.3, -0.25) is 4.79 Å². The summed E-state index contributed by atoms with van der Waals surface area (Å²) in [7, 11) is 0. The highest BCUT2D eigenvalue weighted by Gasteiger charge is 2.22. The van der Waals surface area contributed by atoms with Crippen molar-refractivity contribution in [1.29, 1.82) is 0 Å². The number of rotatable bonds is 4. The smallest absolute Gasteiger partial charge is 0.338 e. The highest BCUT2D eigenvalue weighted by Crippen LogP contribution is 2.24. The van der Waals surface area contributed by atoms with Crippen molar-refractivity contribution in [3.63, 3.8) is 0 Å². The van der Waals surface area contributed by atoms with Gasteiger partial charge < -0.3 is 9.64 Å². The minimum atomic E-state index is -0.380. The van der Waals surface area contributed by atoms with E-state index in [4.69, 9.17) is 4.74 Å². The number of esters is 1. The van der Waals surface area contributed by atoms with Crippen molar-refractivity contribution < 1.29 is 14.3 Å². The normalized spacial score (nSPS) is 15.5. The average molecular weight is 309 g/mol. The molecule has 0 N–H and O–H groups in total. The van der Waals surface area contributed by atoms with Crippen molar-refractivity contribution in [1.82, 2.24) is 0 Å². The van der Waals surface area contributed by atoms with Gasteiger partial charge in [0.05, 0.1) is 5.56 Å². The average Bonchev–Trinajstić information content (AvgIpc) is 3.02. The molecular formula is C19H19NO3. The van der Waals surface area contributed by atoms with E-state index < -0.39 is 0 Å². The van der Waals surface area contributed by atoms with Gasteiger partial charge in [0.2, 0.25) is 5.91 Å². The lowest BCUT2D eigenvalue weighted by Crippen LogP contribution is -2.24. The summed E-state index contributed by atoms with van der Waals surface area (Å²) in [5, 5.41) is 0. The van der Waals surface area contributed by atoms with Crippen molar-refractivity contribution in [2.45, 2.75) is 25.9 Å². The number of hydrogen-bond acceptors (Lipinski definition) is 3. The Morgan fingerprint density at radius 3 is 2.61 bits per heavy atom. The molecule has 2 aromatic carbocycles. The molecule has 0 aliphatic carbocycles. The maximum Gasteiger partial charge on any atom is 0.338 e. The molecule has 0 radical (unpaired) electrons. The van der Waals surface area contributed by atoms with Crippen LogP contribution in [0.15, 0.2) is 54.6 Å². The van der Waals surface area contributed by atoms with Crippen LogP contribution in [0.2, 0.25) is 0 Å². The third-order valence-corrected chi connectivity index (χ3v) is 4.02. The van der Waals surface area contributed by atoms with E-state index in [1.165, 1.54) is 0 Å². The van der Waals surface area contributed by atoms with E-state index in [1.54, 1.807) is 23.1 Å². The van der Waals surface area contributed by atoms with E-state index in [2.05, 4.69) is 0 Å². The van der Waals surface area contributed by atoms with Crippen LogP contribution in [0.4, 0.5) is 5.69 Å². The van der Waals surface area contributed by atoms with E-state index in [0.717, 1.165) is 17.7 Å². The van der Waals surface area contributed by atoms with Gasteiger partial charge in [-0.15, -0.1) is 0 Å². The van der Waals surface area contributed by atoms with Crippen LogP contribution in [0.5, 0.6) is 0 Å². The van der Waals surface area contributed by atoms with Crippen molar-refractivity contribution in [2.24, 2.45) is 0 Å². The van der Waals surface area contributed by atoms with Gasteiger partial charge >= 0.3 is 5.97 Å². The molecule has 0 saturated carbocycles. The van der Waals surface area contributed by atoms with Gasteiger partial charge in [-0.05, 0) is 37.1 Å². The molecule has 1 aliphatic heterocycles. The molecule has 0 bridgehead atoms. The summed E-state index contributed by atoms with van der Waals surface area (Å²) in [5.41, 5.74) is 2.17. The summed E-state index contributed by atoms with van der Waals surface area (Å²) in [4.78, 5) is 25.9. The molecule has 0 aromatic heterocycles. The molecule has 118 valence electrons. The molecular weight excluding hydrogens is 290 g/mol. The summed E-state index contributed by atoms with van der Waals surface area (Å²) >= 11 is 0. The maximum absolute atomic E-state index is 12.4. The number of nitrogens with zero attached hydrogens (tertiary/aromatic N) is 1. The first-order valence-corrected chi connectivity index (χ1v) is 7.81. The number of anilines is 1. The van der Waals surface area contributed by atoms with Gasteiger partial charge in [0.1, 0.15) is 6.10 Å². The fraction of sp³-hybridized carbons (Fsp3) is 0.263. The zero-order chi connectivity index (χ0) is 16.2. The van der Waals surface area contributed by atoms with Crippen molar-refractivity contribution in [3.05, 3.63) is 65.7 Å². The van der Waals surface area contributed by atoms with Crippen LogP contribution >= 0.6 is 0 Å². The van der Waals surface area contributed by atoms with E-state index >= 15 is 0 Å². The van der Waals surface area contributed by atoms with Gasteiger partial charge in [0, 0.05) is 18.7 Å². The molecule has 2 aromatic rings. The van der Waals surface area contributed by atoms with Crippen molar-refractivity contribution in [3.8, 4) is 0 Å². The van der Waals surface area contributed by atoms with Crippen LogP contribution in [0, 0.1) is 0 Å². The van der Waals surface area contributed by atoms with Crippen LogP contribution in [0.1, 0.15) is 41.8 Å². The zero-order valence-electron chi connectivity index (χ0n) is 13.1. The maximum atomic E-state index is 12.4. The molecule has 1 heterocycles. The van der Waals surface area contributed by atoms with Crippen LogP contribution in [-0.2, 0) is 9.53 Å². The lowest BCUT2D eigenvalue weighted by atomic mass is 10.1. The summed E-state index contributed by atoms with van der Waals surface area (Å²) in [6, 6.07) is 16.7. The Labute approximate surface area is 135 Å².